The second-order valence-electron chi connectivity index (χ2n) is 2.14. The first-order valence-electron chi connectivity index (χ1n) is 3.24. The zero-order chi connectivity index (χ0) is 7.68. The smallest absolute Gasteiger partial charge is 0.189 e. The Morgan fingerprint density at radius 2 is 2.45 bits per heavy atom. The maximum absolute atomic E-state index is 4.25. The number of thioether (sulfide) groups is 1. The van der Waals surface area contributed by atoms with E-state index >= 15 is 0 Å². The number of hydrogen-bond acceptors (Lipinski definition) is 3. The number of fused-ring (bicyclic) bond motifs is 1. The second-order valence-corrected chi connectivity index (χ2v) is 2.91. The van der Waals surface area contributed by atoms with Crippen molar-refractivity contribution < 1.29 is 0 Å². The number of aromatic nitrogens is 3. The van der Waals surface area contributed by atoms with Crippen LogP contribution in [-0.2, 0) is 0 Å². The van der Waals surface area contributed by atoms with Crippen LogP contribution in [0.2, 0.25) is 0 Å². The first-order valence-corrected chi connectivity index (χ1v) is 4.47. The van der Waals surface area contributed by atoms with Crippen LogP contribution in [0.1, 0.15) is 0 Å². The predicted molar refractivity (Wildman–Crippen MR) is 45.7 cm³/mol. The van der Waals surface area contributed by atoms with E-state index in [1.807, 2.05) is 24.7 Å². The molecule has 0 amide bonds. The van der Waals surface area contributed by atoms with E-state index < -0.39 is 0 Å². The Morgan fingerprint density at radius 1 is 1.55 bits per heavy atom. The molecule has 1 N–H and O–H groups in total. The molecular weight excluding hydrogens is 158 g/mol. The average Bonchev–Trinajstić information content (AvgIpc) is 2.50. The van der Waals surface area contributed by atoms with Crippen molar-refractivity contribution in [2.45, 2.75) is 5.16 Å². The molecule has 2 aromatic rings. The van der Waals surface area contributed by atoms with E-state index in [0.717, 1.165) is 16.2 Å². The van der Waals surface area contributed by atoms with Crippen molar-refractivity contribution in [1.29, 1.82) is 0 Å². The Labute approximate surface area is 68.2 Å². The van der Waals surface area contributed by atoms with Gasteiger partial charge < -0.3 is 4.98 Å². The average molecular weight is 165 g/mol. The minimum atomic E-state index is 0.806. The Bertz CT molecular complexity index is 368. The van der Waals surface area contributed by atoms with Crippen LogP contribution in [0, 0.1) is 0 Å². The van der Waals surface area contributed by atoms with Gasteiger partial charge in [-0.25, -0.2) is 9.97 Å². The van der Waals surface area contributed by atoms with Gasteiger partial charge in [0.05, 0.1) is 0 Å². The summed E-state index contributed by atoms with van der Waals surface area (Å²) in [6.45, 7) is 0. The summed E-state index contributed by atoms with van der Waals surface area (Å²) in [4.78, 5) is 11.4. The van der Waals surface area contributed by atoms with Crippen LogP contribution in [0.3, 0.4) is 0 Å². The van der Waals surface area contributed by atoms with E-state index in [-0.39, 0.29) is 0 Å². The SMILES string of the molecule is CSc1ncc2cc[nH]c2n1. The van der Waals surface area contributed by atoms with Crippen LogP contribution in [-0.4, -0.2) is 21.2 Å². The highest BCUT2D eigenvalue weighted by Gasteiger charge is 1.97. The standard InChI is InChI=1S/C7H7N3S/c1-11-7-9-4-5-2-3-8-6(5)10-7/h2-4H,1H3,(H,8,9,10). The van der Waals surface area contributed by atoms with Gasteiger partial charge in [-0.15, -0.1) is 0 Å². The lowest BCUT2D eigenvalue weighted by Crippen LogP contribution is -1.84. The summed E-state index contributed by atoms with van der Waals surface area (Å²) in [5, 5.41) is 1.86. The van der Waals surface area contributed by atoms with Gasteiger partial charge in [-0.1, -0.05) is 11.8 Å². The second kappa shape index (κ2) is 2.54. The van der Waals surface area contributed by atoms with Gasteiger partial charge in [0, 0.05) is 17.8 Å². The third-order valence-corrected chi connectivity index (χ3v) is 2.02. The number of rotatable bonds is 1. The highest BCUT2D eigenvalue weighted by molar-refractivity contribution is 7.98. The molecular formula is C7H7N3S. The molecule has 11 heavy (non-hydrogen) atoms. The number of hydrogen-bond donors (Lipinski definition) is 1. The number of nitrogens with zero attached hydrogens (tertiary/aromatic N) is 2. The predicted octanol–water partition coefficient (Wildman–Crippen LogP) is 1.68. The lowest BCUT2D eigenvalue weighted by atomic mass is 10.4. The monoisotopic (exact) mass is 165 g/mol. The molecule has 0 aliphatic rings. The molecule has 2 rings (SSSR count). The van der Waals surface area contributed by atoms with Crippen LogP contribution in [0.25, 0.3) is 11.0 Å². The molecule has 0 spiro atoms. The van der Waals surface area contributed by atoms with Gasteiger partial charge in [-0.3, -0.25) is 0 Å². The van der Waals surface area contributed by atoms with Crippen LogP contribution in [0.4, 0.5) is 0 Å². The van der Waals surface area contributed by atoms with Crippen LogP contribution < -0.4 is 0 Å². The first-order chi connectivity index (χ1) is 5.40. The fourth-order valence-electron chi connectivity index (χ4n) is 0.921. The van der Waals surface area contributed by atoms with Crippen molar-refractivity contribution >= 4 is 22.8 Å². The third-order valence-electron chi connectivity index (χ3n) is 1.46. The molecule has 3 nitrogen and oxygen atoms in total. The Morgan fingerprint density at radius 3 is 3.27 bits per heavy atom. The lowest BCUT2D eigenvalue weighted by molar-refractivity contribution is 0.998. The zero-order valence-electron chi connectivity index (χ0n) is 6.03. The molecule has 0 aromatic carbocycles. The molecule has 0 radical (unpaired) electrons. The molecule has 0 fully saturated rings. The van der Waals surface area contributed by atoms with E-state index in [1.165, 1.54) is 0 Å². The lowest BCUT2D eigenvalue weighted by Gasteiger charge is -1.92. The van der Waals surface area contributed by atoms with E-state index in [1.54, 1.807) is 11.8 Å². The van der Waals surface area contributed by atoms with Gasteiger partial charge >= 0.3 is 0 Å². The molecule has 0 unspecified atom stereocenters. The van der Waals surface area contributed by atoms with E-state index in [2.05, 4.69) is 15.0 Å². The maximum Gasteiger partial charge on any atom is 0.189 e. The maximum atomic E-state index is 4.25. The first kappa shape index (κ1) is 6.67. The Hall–Kier alpha value is -1.03. The molecule has 4 heteroatoms. The molecule has 56 valence electrons. The molecule has 0 aliphatic carbocycles. The van der Waals surface area contributed by atoms with Crippen LogP contribution >= 0.6 is 11.8 Å². The van der Waals surface area contributed by atoms with E-state index in [0.29, 0.717) is 0 Å². The Balaban J connectivity index is 2.67. The van der Waals surface area contributed by atoms with Crippen molar-refractivity contribution in [3.8, 4) is 0 Å². The summed E-state index contributed by atoms with van der Waals surface area (Å²) in [5.74, 6) is 0. The zero-order valence-corrected chi connectivity index (χ0v) is 6.85. The summed E-state index contributed by atoms with van der Waals surface area (Å²) in [6.07, 6.45) is 5.65. The Kier molecular flexibility index (Phi) is 1.54. The molecule has 0 saturated carbocycles. The third kappa shape index (κ3) is 1.09. The molecule has 0 atom stereocenters. The van der Waals surface area contributed by atoms with Crippen LogP contribution in [0.15, 0.2) is 23.6 Å². The van der Waals surface area contributed by atoms with E-state index in [4.69, 9.17) is 0 Å². The van der Waals surface area contributed by atoms with Crippen molar-refractivity contribution in [2.24, 2.45) is 0 Å². The van der Waals surface area contributed by atoms with Gasteiger partial charge in [-0.05, 0) is 12.3 Å². The molecule has 0 aliphatic heterocycles. The molecule has 0 bridgehead atoms. The molecule has 0 saturated heterocycles. The van der Waals surface area contributed by atoms with Gasteiger partial charge in [-0.2, -0.15) is 0 Å². The van der Waals surface area contributed by atoms with Gasteiger partial charge in [0.1, 0.15) is 5.65 Å². The summed E-state index contributed by atoms with van der Waals surface area (Å²) in [7, 11) is 0. The van der Waals surface area contributed by atoms with Gasteiger partial charge in [0.25, 0.3) is 0 Å². The van der Waals surface area contributed by atoms with Crippen molar-refractivity contribution in [1.82, 2.24) is 15.0 Å². The number of H-pyrrole nitrogens is 1. The number of nitrogens with one attached hydrogen (secondary N) is 1. The summed E-state index contributed by atoms with van der Waals surface area (Å²) in [5.41, 5.74) is 0.907. The van der Waals surface area contributed by atoms with Crippen molar-refractivity contribution in [2.75, 3.05) is 6.26 Å². The highest BCUT2D eigenvalue weighted by Crippen LogP contribution is 2.12. The fourth-order valence-corrected chi connectivity index (χ4v) is 1.26. The minimum Gasteiger partial charge on any atom is -0.346 e. The van der Waals surface area contributed by atoms with E-state index in [9.17, 15) is 0 Å². The van der Waals surface area contributed by atoms with Crippen molar-refractivity contribution in [3.05, 3.63) is 18.5 Å². The summed E-state index contributed by atoms with van der Waals surface area (Å²) >= 11 is 1.54. The normalized spacial score (nSPS) is 10.6. The number of aromatic amines is 1. The van der Waals surface area contributed by atoms with Crippen molar-refractivity contribution in [3.63, 3.8) is 0 Å². The highest BCUT2D eigenvalue weighted by atomic mass is 32.2. The fraction of sp³-hybridized carbons (Fsp3) is 0.143. The minimum absolute atomic E-state index is 0.806. The van der Waals surface area contributed by atoms with Gasteiger partial charge in [0.15, 0.2) is 5.16 Å². The van der Waals surface area contributed by atoms with Gasteiger partial charge in [0.2, 0.25) is 0 Å². The topological polar surface area (TPSA) is 41.6 Å². The largest absolute Gasteiger partial charge is 0.346 e. The summed E-state index contributed by atoms with van der Waals surface area (Å²) < 4.78 is 0. The molecule has 2 heterocycles. The molecule has 2 aromatic heterocycles. The summed E-state index contributed by atoms with van der Waals surface area (Å²) in [6, 6.07) is 1.96. The van der Waals surface area contributed by atoms with Crippen LogP contribution in [0.5, 0.6) is 0 Å². The quantitative estimate of drug-likeness (QED) is 0.516.